The number of nitrogens with one attached hydrogen (secondary N) is 1. The second kappa shape index (κ2) is 5.60. The molecule has 1 rings (SSSR count). The summed E-state index contributed by atoms with van der Waals surface area (Å²) in [6.45, 7) is -0.0329. The van der Waals surface area contributed by atoms with Gasteiger partial charge in [-0.15, -0.1) is 0 Å². The largest absolute Gasteiger partial charge is 0.347 e. The summed E-state index contributed by atoms with van der Waals surface area (Å²) in [5, 5.41) is 2.50. The maximum Gasteiger partial charge on any atom is 0.271 e. The highest BCUT2D eigenvalue weighted by atomic mass is 79.9. The Kier molecular flexibility index (Phi) is 4.42. The van der Waals surface area contributed by atoms with E-state index in [2.05, 4.69) is 26.2 Å². The van der Waals surface area contributed by atoms with Crippen molar-refractivity contribution in [3.8, 4) is 0 Å². The molecule has 1 aromatic heterocycles. The van der Waals surface area contributed by atoms with Gasteiger partial charge in [-0.05, 0) is 28.1 Å². The van der Waals surface area contributed by atoms with Crippen LogP contribution in [0.4, 0.5) is 0 Å². The summed E-state index contributed by atoms with van der Waals surface area (Å²) in [5.74, 6) is -0.539. The molecule has 0 aliphatic heterocycles. The third kappa shape index (κ3) is 3.30. The summed E-state index contributed by atoms with van der Waals surface area (Å²) in [7, 11) is 3.26. The smallest absolute Gasteiger partial charge is 0.271 e. The van der Waals surface area contributed by atoms with E-state index < -0.39 is 0 Å². The zero-order valence-corrected chi connectivity index (χ0v) is 10.6. The second-order valence-corrected chi connectivity index (χ2v) is 4.16. The molecule has 16 heavy (non-hydrogen) atoms. The molecule has 1 heterocycles. The minimum Gasteiger partial charge on any atom is -0.347 e. The highest BCUT2D eigenvalue weighted by molar-refractivity contribution is 9.10. The molecule has 6 heteroatoms. The van der Waals surface area contributed by atoms with Gasteiger partial charge in [-0.3, -0.25) is 9.59 Å². The van der Waals surface area contributed by atoms with Gasteiger partial charge in [0.05, 0.1) is 6.54 Å². The van der Waals surface area contributed by atoms with E-state index in [-0.39, 0.29) is 24.1 Å². The number of carbonyl (C=O) groups excluding carboxylic acids is 2. The minimum atomic E-state index is -0.373. The molecule has 2 amide bonds. The van der Waals surface area contributed by atoms with Crippen molar-refractivity contribution < 1.29 is 9.59 Å². The number of hydrogen-bond acceptors (Lipinski definition) is 3. The van der Waals surface area contributed by atoms with Crippen molar-refractivity contribution >= 4 is 27.7 Å². The van der Waals surface area contributed by atoms with E-state index in [0.717, 1.165) is 0 Å². The number of nitrogens with zero attached hydrogens (tertiary/aromatic N) is 2. The molecular formula is C10H12BrN3O2. The van der Waals surface area contributed by atoms with Gasteiger partial charge in [-0.25, -0.2) is 4.98 Å². The van der Waals surface area contributed by atoms with Gasteiger partial charge in [-0.2, -0.15) is 0 Å². The lowest BCUT2D eigenvalue weighted by Crippen LogP contribution is -2.36. The fraction of sp³-hybridized carbons (Fsp3) is 0.300. The van der Waals surface area contributed by atoms with Gasteiger partial charge in [0.2, 0.25) is 5.91 Å². The first kappa shape index (κ1) is 12.6. The van der Waals surface area contributed by atoms with E-state index in [1.807, 2.05) is 0 Å². The van der Waals surface area contributed by atoms with Crippen molar-refractivity contribution in [3.63, 3.8) is 0 Å². The van der Waals surface area contributed by atoms with Gasteiger partial charge in [0.25, 0.3) is 5.91 Å². The predicted octanol–water partition coefficient (Wildman–Crippen LogP) is 0.662. The molecule has 0 bridgehead atoms. The molecule has 0 unspecified atom stereocenters. The van der Waals surface area contributed by atoms with Crippen LogP contribution < -0.4 is 5.32 Å². The molecule has 0 aromatic carbocycles. The Labute approximate surface area is 102 Å². The Morgan fingerprint density at radius 2 is 2.19 bits per heavy atom. The Morgan fingerprint density at radius 3 is 2.75 bits per heavy atom. The standard InChI is InChI=1S/C10H12BrN3O2/c1-14(2)8(15)6-13-10(16)9-7(11)4-3-5-12-9/h3-5H,6H2,1-2H3,(H,13,16). The van der Waals surface area contributed by atoms with Crippen LogP contribution in [0, 0.1) is 0 Å². The molecule has 0 saturated heterocycles. The third-order valence-electron chi connectivity index (χ3n) is 1.87. The molecule has 1 N–H and O–H groups in total. The van der Waals surface area contributed by atoms with Gasteiger partial charge >= 0.3 is 0 Å². The fourth-order valence-electron chi connectivity index (χ4n) is 0.950. The van der Waals surface area contributed by atoms with Crippen LogP contribution in [0.5, 0.6) is 0 Å². The first-order valence-corrected chi connectivity index (χ1v) is 5.40. The molecule has 0 aliphatic rings. The Morgan fingerprint density at radius 1 is 1.50 bits per heavy atom. The molecule has 0 fully saturated rings. The zero-order valence-electron chi connectivity index (χ0n) is 9.03. The molecule has 0 aliphatic carbocycles. The Bertz CT molecular complexity index is 407. The van der Waals surface area contributed by atoms with Crippen LogP contribution in [-0.4, -0.2) is 42.3 Å². The summed E-state index contributed by atoms with van der Waals surface area (Å²) in [4.78, 5) is 28.2. The number of carbonyl (C=O) groups is 2. The molecule has 1 aromatic rings. The fourth-order valence-corrected chi connectivity index (χ4v) is 1.39. The monoisotopic (exact) mass is 285 g/mol. The molecule has 0 spiro atoms. The number of pyridine rings is 1. The van der Waals surface area contributed by atoms with Crippen molar-refractivity contribution in [1.29, 1.82) is 0 Å². The number of rotatable bonds is 3. The predicted molar refractivity (Wildman–Crippen MR) is 63.0 cm³/mol. The van der Waals surface area contributed by atoms with Crippen LogP contribution >= 0.6 is 15.9 Å². The lowest BCUT2D eigenvalue weighted by molar-refractivity contribution is -0.127. The second-order valence-electron chi connectivity index (χ2n) is 3.30. The van der Waals surface area contributed by atoms with Crippen LogP contribution in [0.15, 0.2) is 22.8 Å². The van der Waals surface area contributed by atoms with Crippen LogP contribution in [0.2, 0.25) is 0 Å². The summed E-state index contributed by atoms with van der Waals surface area (Å²) < 4.78 is 0.602. The van der Waals surface area contributed by atoms with Gasteiger partial charge in [0.15, 0.2) is 0 Å². The van der Waals surface area contributed by atoms with E-state index in [0.29, 0.717) is 4.47 Å². The van der Waals surface area contributed by atoms with Crippen molar-refractivity contribution in [1.82, 2.24) is 15.2 Å². The van der Waals surface area contributed by atoms with Crippen LogP contribution in [0.25, 0.3) is 0 Å². The van der Waals surface area contributed by atoms with Crippen LogP contribution in [0.1, 0.15) is 10.5 Å². The lowest BCUT2D eigenvalue weighted by atomic mass is 10.3. The average molecular weight is 286 g/mol. The molecule has 0 atom stereocenters. The topological polar surface area (TPSA) is 62.3 Å². The molecule has 5 nitrogen and oxygen atoms in total. The maximum atomic E-state index is 11.6. The summed E-state index contributed by atoms with van der Waals surface area (Å²) in [5.41, 5.74) is 0.272. The van der Waals surface area contributed by atoms with E-state index in [1.165, 1.54) is 11.1 Å². The van der Waals surface area contributed by atoms with Crippen molar-refractivity contribution in [2.75, 3.05) is 20.6 Å². The van der Waals surface area contributed by atoms with Crippen molar-refractivity contribution in [2.45, 2.75) is 0 Å². The minimum absolute atomic E-state index is 0.0329. The van der Waals surface area contributed by atoms with Crippen LogP contribution in [-0.2, 0) is 4.79 Å². The van der Waals surface area contributed by atoms with Gasteiger partial charge in [0, 0.05) is 24.8 Å². The van der Waals surface area contributed by atoms with E-state index in [1.54, 1.807) is 26.2 Å². The van der Waals surface area contributed by atoms with E-state index in [4.69, 9.17) is 0 Å². The lowest BCUT2D eigenvalue weighted by Gasteiger charge is -2.10. The van der Waals surface area contributed by atoms with Gasteiger partial charge in [0.1, 0.15) is 5.69 Å². The number of amides is 2. The van der Waals surface area contributed by atoms with Gasteiger partial charge in [-0.1, -0.05) is 0 Å². The Balaban J connectivity index is 2.60. The van der Waals surface area contributed by atoms with E-state index in [9.17, 15) is 9.59 Å². The molecular weight excluding hydrogens is 274 g/mol. The van der Waals surface area contributed by atoms with Crippen molar-refractivity contribution in [3.05, 3.63) is 28.5 Å². The summed E-state index contributed by atoms with van der Waals surface area (Å²) >= 11 is 3.21. The third-order valence-corrected chi connectivity index (χ3v) is 2.51. The summed E-state index contributed by atoms with van der Waals surface area (Å²) in [6.07, 6.45) is 1.52. The highest BCUT2D eigenvalue weighted by Gasteiger charge is 2.12. The first-order chi connectivity index (χ1) is 7.52. The van der Waals surface area contributed by atoms with Crippen molar-refractivity contribution in [2.24, 2.45) is 0 Å². The van der Waals surface area contributed by atoms with E-state index >= 15 is 0 Å². The zero-order chi connectivity index (χ0) is 12.1. The number of hydrogen-bond donors (Lipinski definition) is 1. The summed E-state index contributed by atoms with van der Waals surface area (Å²) in [6, 6.07) is 3.43. The average Bonchev–Trinajstić information content (AvgIpc) is 2.25. The molecule has 86 valence electrons. The molecule has 0 radical (unpaired) electrons. The molecule has 0 saturated carbocycles. The maximum absolute atomic E-state index is 11.6. The van der Waals surface area contributed by atoms with Gasteiger partial charge < -0.3 is 10.2 Å². The van der Waals surface area contributed by atoms with Crippen LogP contribution in [0.3, 0.4) is 0 Å². The highest BCUT2D eigenvalue weighted by Crippen LogP contribution is 2.12. The number of halogens is 1. The number of likely N-dealkylation sites (N-methyl/N-ethyl adjacent to an activating group) is 1. The normalized spacial score (nSPS) is 9.69. The number of aromatic nitrogens is 1. The quantitative estimate of drug-likeness (QED) is 0.888. The first-order valence-electron chi connectivity index (χ1n) is 4.61. The Hall–Kier alpha value is -1.43. The SMILES string of the molecule is CN(C)C(=O)CNC(=O)c1ncccc1Br.